The summed E-state index contributed by atoms with van der Waals surface area (Å²) < 4.78 is 1.56. The fourth-order valence-electron chi connectivity index (χ4n) is 2.87. The molecule has 8 heteroatoms. The van der Waals surface area contributed by atoms with Crippen molar-refractivity contribution in [3.63, 3.8) is 0 Å². The molecule has 0 bridgehead atoms. The van der Waals surface area contributed by atoms with Crippen LogP contribution < -0.4 is 4.90 Å². The van der Waals surface area contributed by atoms with Crippen molar-refractivity contribution in [1.82, 2.24) is 9.78 Å². The Morgan fingerprint density at radius 2 is 1.59 bits per heavy atom. The van der Waals surface area contributed by atoms with Crippen LogP contribution in [-0.4, -0.2) is 29.7 Å². The molecule has 27 heavy (non-hydrogen) atoms. The molecule has 0 saturated heterocycles. The molecule has 0 fully saturated rings. The van der Waals surface area contributed by atoms with Crippen LogP contribution in [0.5, 0.6) is 0 Å². The number of rotatable bonds is 4. The summed E-state index contributed by atoms with van der Waals surface area (Å²) in [6.45, 7) is 1.76. The maximum Gasteiger partial charge on any atom is 0.200 e. The summed E-state index contributed by atoms with van der Waals surface area (Å²) >= 11 is 25.0. The number of aryl methyl sites for hydroxylation is 1. The molecule has 3 rings (SSSR count). The highest BCUT2D eigenvalue weighted by molar-refractivity contribution is 6.40. The minimum absolute atomic E-state index is 0.228. The predicted octanol–water partition coefficient (Wildman–Crippen LogP) is 6.09. The first-order valence-corrected chi connectivity index (χ1v) is 9.44. The Labute approximate surface area is 177 Å². The largest absolute Gasteiger partial charge is 0.362 e. The Hall–Kier alpha value is -1.72. The van der Waals surface area contributed by atoms with Gasteiger partial charge in [0.15, 0.2) is 5.78 Å². The maximum atomic E-state index is 13.2. The van der Waals surface area contributed by atoms with Gasteiger partial charge >= 0.3 is 0 Å². The molecule has 140 valence electrons. The lowest BCUT2D eigenvalue weighted by Gasteiger charge is -2.18. The molecule has 3 aromatic rings. The van der Waals surface area contributed by atoms with Gasteiger partial charge in [0.2, 0.25) is 0 Å². The fourth-order valence-corrected chi connectivity index (χ4v) is 4.07. The van der Waals surface area contributed by atoms with Crippen molar-refractivity contribution in [2.24, 2.45) is 0 Å². The first kappa shape index (κ1) is 20.0. The lowest BCUT2D eigenvalue weighted by molar-refractivity contribution is 0.103. The van der Waals surface area contributed by atoms with Gasteiger partial charge in [-0.25, -0.2) is 4.68 Å². The highest BCUT2D eigenvalue weighted by Gasteiger charge is 2.27. The Kier molecular flexibility index (Phi) is 5.73. The van der Waals surface area contributed by atoms with E-state index in [2.05, 4.69) is 5.10 Å². The number of halogens is 4. The minimum Gasteiger partial charge on any atom is -0.362 e. The van der Waals surface area contributed by atoms with E-state index < -0.39 is 0 Å². The third-order valence-corrected chi connectivity index (χ3v) is 5.12. The van der Waals surface area contributed by atoms with Gasteiger partial charge in [-0.05, 0) is 31.2 Å². The van der Waals surface area contributed by atoms with Gasteiger partial charge in [-0.3, -0.25) is 4.79 Å². The summed E-state index contributed by atoms with van der Waals surface area (Å²) in [5, 5.41) is 5.98. The van der Waals surface area contributed by atoms with Crippen molar-refractivity contribution in [3.8, 4) is 5.69 Å². The summed E-state index contributed by atoms with van der Waals surface area (Å²) in [5.41, 5.74) is 1.81. The molecule has 0 unspecified atom stereocenters. The standard InChI is InChI=1S/C19H15Cl4N3O/c1-10-16(18(27)12-6-4-5-7-13(12)21)19(25(2)3)26(24-10)17-14(22)8-11(20)9-15(17)23/h4-9H,1-3H3. The number of aromatic nitrogens is 2. The van der Waals surface area contributed by atoms with Crippen molar-refractivity contribution in [1.29, 1.82) is 0 Å². The Morgan fingerprint density at radius 3 is 2.15 bits per heavy atom. The number of benzene rings is 2. The molecule has 0 amide bonds. The van der Waals surface area contributed by atoms with Crippen molar-refractivity contribution >= 4 is 58.0 Å². The first-order chi connectivity index (χ1) is 12.7. The number of ketones is 1. The van der Waals surface area contributed by atoms with Gasteiger partial charge in [0.05, 0.1) is 26.3 Å². The van der Waals surface area contributed by atoms with Crippen LogP contribution in [0.4, 0.5) is 5.82 Å². The highest BCUT2D eigenvalue weighted by Crippen LogP contribution is 2.37. The highest BCUT2D eigenvalue weighted by atomic mass is 35.5. The van der Waals surface area contributed by atoms with Crippen LogP contribution in [0.25, 0.3) is 5.69 Å². The van der Waals surface area contributed by atoms with E-state index in [1.807, 2.05) is 14.1 Å². The molecule has 0 aliphatic carbocycles. The number of hydrogen-bond donors (Lipinski definition) is 0. The molecule has 2 aromatic carbocycles. The van der Waals surface area contributed by atoms with E-state index in [4.69, 9.17) is 46.4 Å². The molecule has 0 spiro atoms. The van der Waals surface area contributed by atoms with E-state index in [9.17, 15) is 4.79 Å². The van der Waals surface area contributed by atoms with E-state index in [1.54, 1.807) is 52.9 Å². The van der Waals surface area contributed by atoms with Crippen molar-refractivity contribution in [2.45, 2.75) is 6.92 Å². The van der Waals surface area contributed by atoms with Crippen molar-refractivity contribution in [3.05, 3.63) is 73.3 Å². The Bertz CT molecular complexity index is 1020. The molecule has 0 radical (unpaired) electrons. The molecule has 1 heterocycles. The van der Waals surface area contributed by atoms with Crippen LogP contribution >= 0.6 is 46.4 Å². The van der Waals surface area contributed by atoms with Gasteiger partial charge in [0, 0.05) is 24.7 Å². The lowest BCUT2D eigenvalue weighted by Crippen LogP contribution is -2.18. The van der Waals surface area contributed by atoms with Crippen molar-refractivity contribution in [2.75, 3.05) is 19.0 Å². The van der Waals surface area contributed by atoms with Crippen molar-refractivity contribution < 1.29 is 4.79 Å². The zero-order valence-corrected chi connectivity index (χ0v) is 17.7. The second-order valence-corrected chi connectivity index (χ2v) is 7.78. The minimum atomic E-state index is -0.228. The molecular weight excluding hydrogens is 428 g/mol. The van der Waals surface area contributed by atoms with Gasteiger partial charge in [0.1, 0.15) is 11.5 Å². The van der Waals surface area contributed by atoms with Gasteiger partial charge in [-0.1, -0.05) is 58.5 Å². The molecule has 0 aliphatic rings. The van der Waals surface area contributed by atoms with Crippen LogP contribution in [0.3, 0.4) is 0 Å². The number of anilines is 1. The normalized spacial score (nSPS) is 10.9. The van der Waals surface area contributed by atoms with E-state index >= 15 is 0 Å². The topological polar surface area (TPSA) is 38.1 Å². The zero-order valence-electron chi connectivity index (χ0n) is 14.7. The van der Waals surface area contributed by atoms with E-state index in [0.29, 0.717) is 48.4 Å². The number of hydrogen-bond acceptors (Lipinski definition) is 3. The van der Waals surface area contributed by atoms with Gasteiger partial charge in [0.25, 0.3) is 0 Å². The molecular formula is C19H15Cl4N3O. The smallest absolute Gasteiger partial charge is 0.200 e. The number of carbonyl (C=O) groups excluding carboxylic acids is 1. The summed E-state index contributed by atoms with van der Waals surface area (Å²) in [6.07, 6.45) is 0. The Morgan fingerprint density at radius 1 is 1.00 bits per heavy atom. The number of nitrogens with zero attached hydrogens (tertiary/aromatic N) is 3. The quantitative estimate of drug-likeness (QED) is 0.458. The summed E-state index contributed by atoms with van der Waals surface area (Å²) in [6, 6.07) is 10.1. The van der Waals surface area contributed by atoms with Crippen LogP contribution in [0.2, 0.25) is 20.1 Å². The first-order valence-electron chi connectivity index (χ1n) is 7.93. The average Bonchev–Trinajstić information content (AvgIpc) is 2.91. The molecule has 0 aliphatic heterocycles. The van der Waals surface area contributed by atoms with Gasteiger partial charge in [-0.2, -0.15) is 5.10 Å². The molecule has 0 saturated carbocycles. The Balaban J connectivity index is 2.28. The molecule has 1 aromatic heterocycles. The molecule has 4 nitrogen and oxygen atoms in total. The third-order valence-electron chi connectivity index (χ3n) is 4.00. The van der Waals surface area contributed by atoms with E-state index in [-0.39, 0.29) is 5.78 Å². The predicted molar refractivity (Wildman–Crippen MR) is 113 cm³/mol. The molecule has 0 atom stereocenters. The SMILES string of the molecule is Cc1nn(-c2c(Cl)cc(Cl)cc2Cl)c(N(C)C)c1C(=O)c1ccccc1Cl. The second-order valence-electron chi connectivity index (χ2n) is 6.12. The van der Waals surface area contributed by atoms with E-state index in [1.165, 1.54) is 0 Å². The van der Waals surface area contributed by atoms with Crippen LogP contribution in [0, 0.1) is 6.92 Å². The van der Waals surface area contributed by atoms with Gasteiger partial charge < -0.3 is 4.90 Å². The maximum absolute atomic E-state index is 13.2. The van der Waals surface area contributed by atoms with Crippen LogP contribution in [0.15, 0.2) is 36.4 Å². The zero-order chi connectivity index (χ0) is 19.9. The monoisotopic (exact) mass is 441 g/mol. The van der Waals surface area contributed by atoms with Crippen LogP contribution in [0.1, 0.15) is 21.6 Å². The number of carbonyl (C=O) groups is 1. The van der Waals surface area contributed by atoms with Crippen LogP contribution in [-0.2, 0) is 0 Å². The average molecular weight is 443 g/mol. The second kappa shape index (κ2) is 7.72. The lowest BCUT2D eigenvalue weighted by atomic mass is 10.0. The summed E-state index contributed by atoms with van der Waals surface area (Å²) in [4.78, 5) is 15.0. The van der Waals surface area contributed by atoms with E-state index in [0.717, 1.165) is 0 Å². The summed E-state index contributed by atoms with van der Waals surface area (Å²) in [5.74, 6) is 0.317. The summed E-state index contributed by atoms with van der Waals surface area (Å²) in [7, 11) is 3.63. The molecule has 0 N–H and O–H groups in total. The van der Waals surface area contributed by atoms with Gasteiger partial charge in [-0.15, -0.1) is 0 Å². The fraction of sp³-hybridized carbons (Fsp3) is 0.158. The third kappa shape index (κ3) is 3.67.